The number of halogens is 2. The van der Waals surface area contributed by atoms with Gasteiger partial charge < -0.3 is 0 Å². The fourth-order valence-electron chi connectivity index (χ4n) is 0.453. The molecule has 0 aliphatic heterocycles. The van der Waals surface area contributed by atoms with Crippen molar-refractivity contribution in [2.24, 2.45) is 0 Å². The summed E-state index contributed by atoms with van der Waals surface area (Å²) < 4.78 is 1.49. The Balaban J connectivity index is 0. The van der Waals surface area contributed by atoms with E-state index in [4.69, 9.17) is 0 Å². The summed E-state index contributed by atoms with van der Waals surface area (Å²) in [4.78, 5) is 0. The van der Waals surface area contributed by atoms with Crippen molar-refractivity contribution >= 4 is 53.7 Å². The van der Waals surface area contributed by atoms with Crippen LogP contribution in [0.5, 0.6) is 0 Å². The van der Waals surface area contributed by atoms with Crippen molar-refractivity contribution in [2.75, 3.05) is 0 Å². The molecule has 0 aromatic heterocycles. The fourth-order valence-corrected chi connectivity index (χ4v) is 1.32. The van der Waals surface area contributed by atoms with Crippen LogP contribution in [0, 0.1) is 0 Å². The van der Waals surface area contributed by atoms with Gasteiger partial charge in [-0.3, -0.25) is 0 Å². The first kappa shape index (κ1) is 12.4. The number of rotatable bonds is 0. The van der Waals surface area contributed by atoms with Gasteiger partial charge in [-0.25, -0.2) is 0 Å². The second-order valence-electron chi connectivity index (χ2n) is 1.41. The summed E-state index contributed by atoms with van der Waals surface area (Å²) in [6.07, 6.45) is 0. The molecule has 0 unspecified atom stereocenters. The number of hydrogen-bond acceptors (Lipinski definition) is 0. The van der Waals surface area contributed by atoms with Gasteiger partial charge in [0.25, 0.3) is 0 Å². The van der Waals surface area contributed by atoms with E-state index in [0.717, 1.165) is 25.8 Å². The van der Waals surface area contributed by atoms with Gasteiger partial charge in [0, 0.05) is 0 Å². The quantitative estimate of drug-likeness (QED) is 0.617. The molecule has 0 amide bonds. The van der Waals surface area contributed by atoms with Crippen LogP contribution in [-0.4, -0.2) is 25.8 Å². The Bertz CT molecular complexity index is 141. The van der Waals surface area contributed by atoms with Crippen LogP contribution < -0.4 is 3.12 Å². The zero-order chi connectivity index (χ0) is 5.11. The third-order valence-electron chi connectivity index (χ3n) is 0.800. The molecule has 0 aliphatic carbocycles. The Morgan fingerprint density at radius 2 is 1.33 bits per heavy atom. The zero-order valence-electron chi connectivity index (χ0n) is 4.78. The Hall–Kier alpha value is 0.722. The van der Waals surface area contributed by atoms with Crippen LogP contribution in [-0.2, 0) is 0 Å². The monoisotopic (exact) mass is 354 g/mol. The molecule has 0 radical (unpaired) electrons. The van der Waals surface area contributed by atoms with Crippen molar-refractivity contribution < 1.29 is 0 Å². The molecule has 0 atom stereocenters. The van der Waals surface area contributed by atoms with Crippen molar-refractivity contribution in [1.82, 2.24) is 0 Å². The van der Waals surface area contributed by atoms with Crippen LogP contribution in [0.25, 0.3) is 0 Å². The Morgan fingerprint density at radius 3 is 1.56 bits per heavy atom. The SMILES string of the molecule is Cl.Cl.[Tl][c]1ccccc1. The molecule has 0 heterocycles. The van der Waals surface area contributed by atoms with Crippen molar-refractivity contribution in [2.45, 2.75) is 0 Å². The first-order valence-electron chi connectivity index (χ1n) is 2.20. The van der Waals surface area contributed by atoms with Crippen molar-refractivity contribution in [3.05, 3.63) is 30.3 Å². The normalized spacial score (nSPS) is 6.56. The van der Waals surface area contributed by atoms with Crippen LogP contribution >= 0.6 is 24.8 Å². The standard InChI is InChI=1S/C6H5.2ClH.Tl/c1-2-4-6-5-3-1;;;/h1-5H;2*1H;. The third kappa shape index (κ3) is 5.18. The van der Waals surface area contributed by atoms with Crippen LogP contribution in [0.1, 0.15) is 0 Å². The molecule has 0 saturated carbocycles. The van der Waals surface area contributed by atoms with Crippen molar-refractivity contribution in [1.29, 1.82) is 0 Å². The average Bonchev–Trinajstić information content (AvgIpc) is 1.69. The van der Waals surface area contributed by atoms with Gasteiger partial charge in [0.05, 0.1) is 0 Å². The van der Waals surface area contributed by atoms with Gasteiger partial charge in [0.15, 0.2) is 0 Å². The molecule has 0 saturated heterocycles. The Labute approximate surface area is 83.5 Å². The summed E-state index contributed by atoms with van der Waals surface area (Å²) >= 11 is 0.992. The van der Waals surface area contributed by atoms with E-state index < -0.39 is 0 Å². The average molecular weight is 354 g/mol. The molecule has 0 bridgehead atoms. The van der Waals surface area contributed by atoms with E-state index in [1.165, 1.54) is 3.12 Å². The second-order valence-corrected chi connectivity index (χ2v) is 4.00. The first-order chi connectivity index (χ1) is 3.39. The summed E-state index contributed by atoms with van der Waals surface area (Å²) in [5.41, 5.74) is 0. The van der Waals surface area contributed by atoms with Crippen molar-refractivity contribution in [3.8, 4) is 0 Å². The van der Waals surface area contributed by atoms with Gasteiger partial charge in [0.2, 0.25) is 0 Å². The summed E-state index contributed by atoms with van der Waals surface area (Å²) in [7, 11) is 0. The van der Waals surface area contributed by atoms with E-state index in [9.17, 15) is 0 Å². The maximum absolute atomic E-state index is 2.16. The molecule has 1 aromatic rings. The molecule has 1 aromatic carbocycles. The molecule has 0 nitrogen and oxygen atoms in total. The van der Waals surface area contributed by atoms with Crippen LogP contribution in [0.4, 0.5) is 0 Å². The summed E-state index contributed by atoms with van der Waals surface area (Å²) in [6.45, 7) is 0. The number of benzene rings is 1. The molecule has 9 heavy (non-hydrogen) atoms. The van der Waals surface area contributed by atoms with Crippen LogP contribution in [0.2, 0.25) is 0 Å². The first-order valence-corrected chi connectivity index (χ1v) is 4.44. The molecule has 0 spiro atoms. The predicted molar refractivity (Wildman–Crippen MR) is 46.3 cm³/mol. The Kier molecular flexibility index (Phi) is 9.42. The van der Waals surface area contributed by atoms with Crippen LogP contribution in [0.3, 0.4) is 0 Å². The zero-order valence-corrected chi connectivity index (χ0v) is 10.9. The van der Waals surface area contributed by atoms with Crippen LogP contribution in [0.15, 0.2) is 30.3 Å². The minimum atomic E-state index is 0. The fraction of sp³-hybridized carbons (Fsp3) is 0. The summed E-state index contributed by atoms with van der Waals surface area (Å²) in [6, 6.07) is 10.5. The molecule has 0 N–H and O–H groups in total. The molecular formula is C6H7Cl2Tl. The molecule has 48 valence electrons. The van der Waals surface area contributed by atoms with Gasteiger partial charge >= 0.3 is 59.2 Å². The maximum atomic E-state index is 2.16. The van der Waals surface area contributed by atoms with E-state index in [1.807, 2.05) is 6.07 Å². The topological polar surface area (TPSA) is 0 Å². The predicted octanol–water partition coefficient (Wildman–Crippen LogP) is 1.32. The van der Waals surface area contributed by atoms with Gasteiger partial charge in [-0.2, -0.15) is 0 Å². The second kappa shape index (κ2) is 6.84. The molecule has 0 aliphatic rings. The summed E-state index contributed by atoms with van der Waals surface area (Å²) in [5.74, 6) is 0. The van der Waals surface area contributed by atoms with E-state index in [1.54, 1.807) is 0 Å². The molecule has 0 fully saturated rings. The van der Waals surface area contributed by atoms with Gasteiger partial charge in [-0.05, 0) is 0 Å². The molecular weight excluding hydrogens is 347 g/mol. The minimum absolute atomic E-state index is 0. The third-order valence-corrected chi connectivity index (χ3v) is 2.30. The summed E-state index contributed by atoms with van der Waals surface area (Å²) in [5, 5.41) is 0. The van der Waals surface area contributed by atoms with E-state index in [0.29, 0.717) is 0 Å². The van der Waals surface area contributed by atoms with Crippen molar-refractivity contribution in [3.63, 3.8) is 0 Å². The van der Waals surface area contributed by atoms with Gasteiger partial charge in [-0.1, -0.05) is 0 Å². The Morgan fingerprint density at radius 1 is 0.889 bits per heavy atom. The van der Waals surface area contributed by atoms with E-state index >= 15 is 0 Å². The van der Waals surface area contributed by atoms with Gasteiger partial charge in [0.1, 0.15) is 0 Å². The van der Waals surface area contributed by atoms with Gasteiger partial charge in [-0.15, -0.1) is 24.8 Å². The number of hydrogen-bond donors (Lipinski definition) is 0. The molecule has 1 rings (SSSR count). The molecule has 3 heteroatoms. The van der Waals surface area contributed by atoms with E-state index in [2.05, 4.69) is 24.3 Å². The van der Waals surface area contributed by atoms with E-state index in [-0.39, 0.29) is 24.8 Å².